The van der Waals surface area contributed by atoms with E-state index in [0.717, 1.165) is 22.4 Å². The van der Waals surface area contributed by atoms with Gasteiger partial charge in [-0.25, -0.2) is 0 Å². The third-order valence-corrected chi connectivity index (χ3v) is 4.34. The Kier molecular flexibility index (Phi) is 3.71. The first-order chi connectivity index (χ1) is 10.1. The van der Waals surface area contributed by atoms with Gasteiger partial charge in [0.05, 0.1) is 12.2 Å². The maximum atomic E-state index is 12.1. The summed E-state index contributed by atoms with van der Waals surface area (Å²) in [6.45, 7) is 4.65. The molecule has 3 aromatic rings. The van der Waals surface area contributed by atoms with Crippen LogP contribution in [0, 0.1) is 13.8 Å². The van der Waals surface area contributed by atoms with Crippen molar-refractivity contribution < 1.29 is 0 Å². The van der Waals surface area contributed by atoms with E-state index in [1.54, 1.807) is 10.6 Å². The van der Waals surface area contributed by atoms with E-state index in [0.29, 0.717) is 6.54 Å². The summed E-state index contributed by atoms with van der Waals surface area (Å²) >= 11 is 1.50. The molecular weight excluding hydrogens is 280 g/mol. The van der Waals surface area contributed by atoms with E-state index in [1.807, 2.05) is 49.5 Å². The highest BCUT2D eigenvalue weighted by Crippen LogP contribution is 2.28. The van der Waals surface area contributed by atoms with E-state index in [-0.39, 0.29) is 5.56 Å². The van der Waals surface area contributed by atoms with Crippen LogP contribution in [0.1, 0.15) is 16.1 Å². The minimum Gasteiger partial charge on any atom is -0.310 e. The van der Waals surface area contributed by atoms with E-state index in [2.05, 4.69) is 11.3 Å². The number of hydrogen-bond donors (Lipinski definition) is 0. The molecule has 3 nitrogen and oxygen atoms in total. The Bertz CT molecular complexity index is 799. The van der Waals surface area contributed by atoms with Crippen molar-refractivity contribution >= 4 is 11.5 Å². The van der Waals surface area contributed by atoms with Gasteiger partial charge < -0.3 is 4.57 Å². The van der Waals surface area contributed by atoms with Crippen molar-refractivity contribution in [1.29, 1.82) is 0 Å². The predicted molar refractivity (Wildman–Crippen MR) is 86.8 cm³/mol. The van der Waals surface area contributed by atoms with Gasteiger partial charge in [0.1, 0.15) is 0 Å². The second kappa shape index (κ2) is 5.66. The number of benzene rings is 1. The zero-order valence-corrected chi connectivity index (χ0v) is 12.9. The molecule has 0 aliphatic carbocycles. The monoisotopic (exact) mass is 296 g/mol. The van der Waals surface area contributed by atoms with Crippen molar-refractivity contribution in [1.82, 2.24) is 8.94 Å². The highest BCUT2D eigenvalue weighted by molar-refractivity contribution is 7.06. The summed E-state index contributed by atoms with van der Waals surface area (Å²) in [5.74, 6) is 0. The standard InChI is InChI=1S/C17H16N2OS/c1-12-17(13(2)21-18-12)15-8-9-16(20)19(11-15)10-14-6-4-3-5-7-14/h3-9,11H,10H2,1-2H3. The number of aromatic nitrogens is 2. The Morgan fingerprint density at radius 1 is 1.10 bits per heavy atom. The van der Waals surface area contributed by atoms with E-state index >= 15 is 0 Å². The Labute approximate surface area is 127 Å². The molecule has 2 heterocycles. The summed E-state index contributed by atoms with van der Waals surface area (Å²) in [6.07, 6.45) is 1.93. The Balaban J connectivity index is 2.03. The summed E-state index contributed by atoms with van der Waals surface area (Å²) in [6, 6.07) is 13.5. The maximum Gasteiger partial charge on any atom is 0.250 e. The van der Waals surface area contributed by atoms with Crippen molar-refractivity contribution in [3.05, 3.63) is 75.1 Å². The summed E-state index contributed by atoms with van der Waals surface area (Å²) in [5, 5.41) is 0. The average molecular weight is 296 g/mol. The molecule has 0 aliphatic heterocycles. The molecular formula is C17H16N2OS. The number of rotatable bonds is 3. The van der Waals surface area contributed by atoms with Gasteiger partial charge in [-0.2, -0.15) is 4.37 Å². The quantitative estimate of drug-likeness (QED) is 0.739. The van der Waals surface area contributed by atoms with Gasteiger partial charge >= 0.3 is 0 Å². The third kappa shape index (κ3) is 2.81. The molecule has 0 saturated heterocycles. The zero-order chi connectivity index (χ0) is 14.8. The molecule has 0 unspecified atom stereocenters. The second-order valence-corrected chi connectivity index (χ2v) is 6.05. The first-order valence-corrected chi connectivity index (χ1v) is 7.60. The predicted octanol–water partition coefficient (Wildman–Crippen LogP) is 3.64. The number of nitrogens with zero attached hydrogens (tertiary/aromatic N) is 2. The lowest BCUT2D eigenvalue weighted by atomic mass is 10.1. The third-order valence-electron chi connectivity index (χ3n) is 3.50. The molecule has 1 aromatic carbocycles. The average Bonchev–Trinajstić information content (AvgIpc) is 2.82. The maximum absolute atomic E-state index is 12.1. The molecule has 0 radical (unpaired) electrons. The molecule has 106 valence electrons. The van der Waals surface area contributed by atoms with Crippen LogP contribution < -0.4 is 5.56 Å². The van der Waals surface area contributed by atoms with E-state index in [9.17, 15) is 4.79 Å². The Hall–Kier alpha value is -2.20. The first-order valence-electron chi connectivity index (χ1n) is 6.83. The molecule has 0 fully saturated rings. The molecule has 0 spiro atoms. The van der Waals surface area contributed by atoms with Crippen LogP contribution in [0.15, 0.2) is 53.5 Å². The van der Waals surface area contributed by atoms with Gasteiger partial charge in [-0.3, -0.25) is 4.79 Å². The van der Waals surface area contributed by atoms with Crippen molar-refractivity contribution in [3.63, 3.8) is 0 Å². The normalized spacial score (nSPS) is 10.8. The van der Waals surface area contributed by atoms with E-state index in [4.69, 9.17) is 0 Å². The molecule has 0 atom stereocenters. The summed E-state index contributed by atoms with van der Waals surface area (Å²) in [4.78, 5) is 13.2. The van der Waals surface area contributed by atoms with E-state index in [1.165, 1.54) is 16.4 Å². The van der Waals surface area contributed by atoms with Gasteiger partial charge in [0.15, 0.2) is 0 Å². The van der Waals surface area contributed by atoms with Crippen LogP contribution >= 0.6 is 11.5 Å². The Morgan fingerprint density at radius 2 is 1.86 bits per heavy atom. The minimum atomic E-state index is 0.0149. The van der Waals surface area contributed by atoms with Crippen molar-refractivity contribution in [2.45, 2.75) is 20.4 Å². The van der Waals surface area contributed by atoms with Gasteiger partial charge in [0.2, 0.25) is 0 Å². The molecule has 0 saturated carbocycles. The molecule has 0 bridgehead atoms. The molecule has 0 amide bonds. The Morgan fingerprint density at radius 3 is 2.52 bits per heavy atom. The fourth-order valence-corrected chi connectivity index (χ4v) is 3.20. The lowest BCUT2D eigenvalue weighted by Gasteiger charge is -2.09. The summed E-state index contributed by atoms with van der Waals surface area (Å²) in [5.41, 5.74) is 4.34. The SMILES string of the molecule is Cc1nsc(C)c1-c1ccc(=O)n(Cc2ccccc2)c1. The van der Waals surface area contributed by atoms with Gasteiger partial charge in [0, 0.05) is 28.3 Å². The van der Waals surface area contributed by atoms with Crippen LogP contribution in [0.3, 0.4) is 0 Å². The summed E-state index contributed by atoms with van der Waals surface area (Å²) in [7, 11) is 0. The van der Waals surface area contributed by atoms with Gasteiger partial charge in [-0.15, -0.1) is 0 Å². The molecule has 21 heavy (non-hydrogen) atoms. The van der Waals surface area contributed by atoms with Gasteiger partial charge in [-0.05, 0) is 37.0 Å². The van der Waals surface area contributed by atoms with E-state index < -0.39 is 0 Å². The molecule has 2 aromatic heterocycles. The smallest absolute Gasteiger partial charge is 0.250 e. The van der Waals surface area contributed by atoms with Crippen molar-refractivity contribution in [2.24, 2.45) is 0 Å². The van der Waals surface area contributed by atoms with Crippen LogP contribution in [0.25, 0.3) is 11.1 Å². The lowest BCUT2D eigenvalue weighted by molar-refractivity contribution is 0.761. The fraction of sp³-hybridized carbons (Fsp3) is 0.176. The highest BCUT2D eigenvalue weighted by atomic mass is 32.1. The largest absolute Gasteiger partial charge is 0.310 e. The molecule has 0 N–H and O–H groups in total. The van der Waals surface area contributed by atoms with Crippen LogP contribution in [-0.2, 0) is 6.54 Å². The van der Waals surface area contributed by atoms with Crippen molar-refractivity contribution in [3.8, 4) is 11.1 Å². The fourth-order valence-electron chi connectivity index (χ4n) is 2.48. The number of aryl methyl sites for hydroxylation is 2. The number of hydrogen-bond acceptors (Lipinski definition) is 3. The van der Waals surface area contributed by atoms with Gasteiger partial charge in [0.25, 0.3) is 5.56 Å². The number of pyridine rings is 1. The second-order valence-electron chi connectivity index (χ2n) is 5.07. The molecule has 3 rings (SSSR count). The van der Waals surface area contributed by atoms with Crippen LogP contribution in [0.2, 0.25) is 0 Å². The minimum absolute atomic E-state index is 0.0149. The van der Waals surface area contributed by atoms with Crippen LogP contribution in [-0.4, -0.2) is 8.94 Å². The highest BCUT2D eigenvalue weighted by Gasteiger charge is 2.10. The first kappa shape index (κ1) is 13.8. The van der Waals surface area contributed by atoms with Crippen LogP contribution in [0.5, 0.6) is 0 Å². The topological polar surface area (TPSA) is 34.9 Å². The lowest BCUT2D eigenvalue weighted by Crippen LogP contribution is -2.19. The van der Waals surface area contributed by atoms with Crippen LogP contribution in [0.4, 0.5) is 0 Å². The molecule has 4 heteroatoms. The molecule has 0 aliphatic rings. The summed E-state index contributed by atoms with van der Waals surface area (Å²) < 4.78 is 6.13. The van der Waals surface area contributed by atoms with Crippen molar-refractivity contribution in [2.75, 3.05) is 0 Å². The zero-order valence-electron chi connectivity index (χ0n) is 12.0. The van der Waals surface area contributed by atoms with Gasteiger partial charge in [-0.1, -0.05) is 30.3 Å².